The van der Waals surface area contributed by atoms with E-state index in [-0.39, 0.29) is 5.91 Å². The molecular formula is C15H21BrN2O2. The molecule has 1 heterocycles. The maximum Gasteiger partial charge on any atom is 0.224 e. The van der Waals surface area contributed by atoms with Crippen LogP contribution in [0, 0.1) is 0 Å². The molecule has 2 rings (SSSR count). The van der Waals surface area contributed by atoms with Gasteiger partial charge in [0.2, 0.25) is 5.91 Å². The third kappa shape index (κ3) is 5.61. The Balaban J connectivity index is 1.59. The largest absolute Gasteiger partial charge is 0.379 e. The summed E-state index contributed by atoms with van der Waals surface area (Å²) in [5, 5.41) is 2.91. The lowest BCUT2D eigenvalue weighted by molar-refractivity contribution is -0.116. The predicted octanol–water partition coefficient (Wildman–Crippen LogP) is 2.89. The van der Waals surface area contributed by atoms with Crippen LogP contribution in [0.5, 0.6) is 0 Å². The highest BCUT2D eigenvalue weighted by Crippen LogP contribution is 2.14. The summed E-state index contributed by atoms with van der Waals surface area (Å²) in [5.41, 5.74) is 0.853. The minimum Gasteiger partial charge on any atom is -0.379 e. The number of amides is 1. The molecule has 110 valence electrons. The van der Waals surface area contributed by atoms with E-state index in [4.69, 9.17) is 4.74 Å². The molecule has 1 amide bonds. The van der Waals surface area contributed by atoms with Crippen molar-refractivity contribution in [2.24, 2.45) is 0 Å². The van der Waals surface area contributed by atoms with E-state index < -0.39 is 0 Å². The maximum atomic E-state index is 11.8. The zero-order chi connectivity index (χ0) is 14.2. The summed E-state index contributed by atoms with van der Waals surface area (Å²) in [6, 6.07) is 7.65. The molecule has 0 unspecified atom stereocenters. The molecule has 1 aliphatic rings. The van der Waals surface area contributed by atoms with Gasteiger partial charge in [-0.15, -0.1) is 0 Å². The van der Waals surface area contributed by atoms with E-state index in [9.17, 15) is 4.79 Å². The second-order valence-corrected chi connectivity index (χ2v) is 5.88. The number of halogens is 1. The van der Waals surface area contributed by atoms with Crippen LogP contribution < -0.4 is 5.32 Å². The molecule has 20 heavy (non-hydrogen) atoms. The van der Waals surface area contributed by atoms with Crippen molar-refractivity contribution in [2.45, 2.75) is 19.3 Å². The Bertz CT molecular complexity index is 416. The molecule has 4 nitrogen and oxygen atoms in total. The monoisotopic (exact) mass is 340 g/mol. The average Bonchev–Trinajstić information content (AvgIpc) is 2.47. The molecule has 0 saturated carbocycles. The van der Waals surface area contributed by atoms with Crippen LogP contribution in [0.1, 0.15) is 19.3 Å². The van der Waals surface area contributed by atoms with E-state index in [1.807, 2.05) is 24.3 Å². The first-order valence-corrected chi connectivity index (χ1v) is 7.89. The number of morpholine rings is 1. The second kappa shape index (κ2) is 8.39. The van der Waals surface area contributed by atoms with Crippen LogP contribution in [0.25, 0.3) is 0 Å². The minimum absolute atomic E-state index is 0.0919. The molecule has 0 spiro atoms. The van der Waals surface area contributed by atoms with Gasteiger partial charge in [0.1, 0.15) is 0 Å². The minimum atomic E-state index is 0.0919. The number of nitrogens with one attached hydrogen (secondary N) is 1. The highest BCUT2D eigenvalue weighted by atomic mass is 79.9. The van der Waals surface area contributed by atoms with Crippen molar-refractivity contribution in [3.63, 3.8) is 0 Å². The van der Waals surface area contributed by atoms with E-state index in [2.05, 4.69) is 26.1 Å². The van der Waals surface area contributed by atoms with E-state index in [0.29, 0.717) is 6.42 Å². The Morgan fingerprint density at radius 1 is 1.20 bits per heavy atom. The number of carbonyl (C=O) groups excluding carboxylic acids is 1. The van der Waals surface area contributed by atoms with Crippen molar-refractivity contribution in [2.75, 3.05) is 38.2 Å². The summed E-state index contributed by atoms with van der Waals surface area (Å²) in [6.45, 7) is 4.78. The lowest BCUT2D eigenvalue weighted by atomic mass is 10.2. The standard InChI is InChI=1S/C15H21BrN2O2/c16-13-4-6-14(7-5-13)17-15(19)3-1-2-8-18-9-11-20-12-10-18/h4-7H,1-3,8-12H2,(H,17,19). The highest BCUT2D eigenvalue weighted by molar-refractivity contribution is 9.10. The third-order valence-corrected chi connectivity index (χ3v) is 3.89. The molecule has 0 aliphatic carbocycles. The average molecular weight is 341 g/mol. The van der Waals surface area contributed by atoms with E-state index >= 15 is 0 Å². The Morgan fingerprint density at radius 3 is 2.60 bits per heavy atom. The maximum absolute atomic E-state index is 11.8. The van der Waals surface area contributed by atoms with Crippen LogP contribution in [0.4, 0.5) is 5.69 Å². The van der Waals surface area contributed by atoms with Gasteiger partial charge in [0.15, 0.2) is 0 Å². The number of unbranched alkanes of at least 4 members (excludes halogenated alkanes) is 1. The third-order valence-electron chi connectivity index (χ3n) is 3.36. The quantitative estimate of drug-likeness (QED) is 0.809. The van der Waals surface area contributed by atoms with E-state index in [1.165, 1.54) is 0 Å². The lowest BCUT2D eigenvalue weighted by Crippen LogP contribution is -2.36. The number of anilines is 1. The number of benzene rings is 1. The molecule has 1 aromatic rings. The summed E-state index contributed by atoms with van der Waals surface area (Å²) in [5.74, 6) is 0.0919. The highest BCUT2D eigenvalue weighted by Gasteiger charge is 2.09. The van der Waals surface area contributed by atoms with Crippen molar-refractivity contribution in [1.29, 1.82) is 0 Å². The fourth-order valence-corrected chi connectivity index (χ4v) is 2.47. The summed E-state index contributed by atoms with van der Waals surface area (Å²) in [7, 11) is 0. The number of hydrogen-bond acceptors (Lipinski definition) is 3. The van der Waals surface area contributed by atoms with E-state index in [0.717, 1.165) is 55.8 Å². The molecule has 1 saturated heterocycles. The van der Waals surface area contributed by atoms with Gasteiger partial charge in [0, 0.05) is 29.7 Å². The van der Waals surface area contributed by atoms with Crippen LogP contribution in [0.3, 0.4) is 0 Å². The molecule has 1 aromatic carbocycles. The van der Waals surface area contributed by atoms with Crippen LogP contribution >= 0.6 is 15.9 Å². The van der Waals surface area contributed by atoms with Gasteiger partial charge in [-0.05, 0) is 43.7 Å². The molecule has 5 heteroatoms. The van der Waals surface area contributed by atoms with Gasteiger partial charge in [-0.2, -0.15) is 0 Å². The van der Waals surface area contributed by atoms with Crippen molar-refractivity contribution in [1.82, 2.24) is 4.90 Å². The second-order valence-electron chi connectivity index (χ2n) is 4.97. The number of ether oxygens (including phenoxy) is 1. The number of hydrogen-bond donors (Lipinski definition) is 1. The molecule has 1 N–H and O–H groups in total. The lowest BCUT2D eigenvalue weighted by Gasteiger charge is -2.26. The molecular weight excluding hydrogens is 320 g/mol. The Hall–Kier alpha value is -0.910. The number of nitrogens with zero attached hydrogens (tertiary/aromatic N) is 1. The summed E-state index contributed by atoms with van der Waals surface area (Å²) in [6.07, 6.45) is 2.58. The SMILES string of the molecule is O=C(CCCCN1CCOCC1)Nc1ccc(Br)cc1. The first-order valence-electron chi connectivity index (χ1n) is 7.09. The summed E-state index contributed by atoms with van der Waals surface area (Å²) in [4.78, 5) is 14.2. The summed E-state index contributed by atoms with van der Waals surface area (Å²) >= 11 is 3.37. The first-order chi connectivity index (χ1) is 9.74. The molecule has 1 fully saturated rings. The van der Waals surface area contributed by atoms with Gasteiger partial charge in [0.05, 0.1) is 13.2 Å². The normalized spacial score (nSPS) is 16.1. The first kappa shape index (κ1) is 15.5. The Morgan fingerprint density at radius 2 is 1.90 bits per heavy atom. The predicted molar refractivity (Wildman–Crippen MR) is 83.9 cm³/mol. The van der Waals surface area contributed by atoms with Gasteiger partial charge in [-0.1, -0.05) is 15.9 Å². The van der Waals surface area contributed by atoms with Crippen LogP contribution in [-0.4, -0.2) is 43.7 Å². The smallest absolute Gasteiger partial charge is 0.224 e. The number of rotatable bonds is 6. The number of carbonyl (C=O) groups is 1. The fraction of sp³-hybridized carbons (Fsp3) is 0.533. The molecule has 0 bridgehead atoms. The van der Waals surface area contributed by atoms with Crippen LogP contribution in [0.2, 0.25) is 0 Å². The van der Waals surface area contributed by atoms with Crippen molar-refractivity contribution in [3.05, 3.63) is 28.7 Å². The molecule has 0 radical (unpaired) electrons. The van der Waals surface area contributed by atoms with E-state index in [1.54, 1.807) is 0 Å². The molecule has 0 aromatic heterocycles. The van der Waals surface area contributed by atoms with Crippen molar-refractivity contribution < 1.29 is 9.53 Å². The van der Waals surface area contributed by atoms with Crippen LogP contribution in [0.15, 0.2) is 28.7 Å². The van der Waals surface area contributed by atoms with Gasteiger partial charge in [0.25, 0.3) is 0 Å². The molecule has 0 atom stereocenters. The Kier molecular flexibility index (Phi) is 6.50. The van der Waals surface area contributed by atoms with Gasteiger partial charge in [-0.25, -0.2) is 0 Å². The van der Waals surface area contributed by atoms with Crippen molar-refractivity contribution in [3.8, 4) is 0 Å². The zero-order valence-electron chi connectivity index (χ0n) is 11.6. The summed E-state index contributed by atoms with van der Waals surface area (Å²) < 4.78 is 6.32. The van der Waals surface area contributed by atoms with Gasteiger partial charge < -0.3 is 10.1 Å². The topological polar surface area (TPSA) is 41.6 Å². The van der Waals surface area contributed by atoms with Gasteiger partial charge >= 0.3 is 0 Å². The van der Waals surface area contributed by atoms with Gasteiger partial charge in [-0.3, -0.25) is 9.69 Å². The fourth-order valence-electron chi connectivity index (χ4n) is 2.20. The zero-order valence-corrected chi connectivity index (χ0v) is 13.2. The Labute approximate surface area is 128 Å². The van der Waals surface area contributed by atoms with Crippen molar-refractivity contribution >= 4 is 27.5 Å². The van der Waals surface area contributed by atoms with Crippen LogP contribution in [-0.2, 0) is 9.53 Å². The molecule has 1 aliphatic heterocycles.